The van der Waals surface area contributed by atoms with E-state index >= 15 is 0 Å². The Morgan fingerprint density at radius 2 is 1.84 bits per heavy atom. The summed E-state index contributed by atoms with van der Waals surface area (Å²) in [5.74, 6) is -1.63. The average Bonchev–Trinajstić information content (AvgIpc) is 2.75. The highest BCUT2D eigenvalue weighted by Gasteiger charge is 2.28. The van der Waals surface area contributed by atoms with Crippen molar-refractivity contribution < 1.29 is 27.5 Å². The number of benzene rings is 1. The zero-order chi connectivity index (χ0) is 22.6. The monoisotopic (exact) mass is 507 g/mol. The van der Waals surface area contributed by atoms with Crippen molar-refractivity contribution >= 4 is 62.5 Å². The molecular formula is C18H16Cl3N3O6S. The van der Waals surface area contributed by atoms with Gasteiger partial charge in [0.05, 0.1) is 38.7 Å². The van der Waals surface area contributed by atoms with Crippen molar-refractivity contribution in [2.75, 3.05) is 38.2 Å². The SMILES string of the molecule is O=C(COC(=O)c1cc(S(=O)(=O)N2CCOCC2)ccc1Cl)Nc1ncc(Cl)cc1Cl. The Hall–Kier alpha value is -1.95. The fourth-order valence-electron chi connectivity index (χ4n) is 2.64. The topological polar surface area (TPSA) is 115 Å². The quantitative estimate of drug-likeness (QED) is 0.597. The Balaban J connectivity index is 1.68. The second-order valence-electron chi connectivity index (χ2n) is 6.27. The fraction of sp³-hybridized carbons (Fsp3) is 0.278. The molecule has 0 unspecified atom stereocenters. The molecule has 9 nitrogen and oxygen atoms in total. The number of carbonyl (C=O) groups excluding carboxylic acids is 2. The van der Waals surface area contributed by atoms with Crippen molar-refractivity contribution in [3.63, 3.8) is 0 Å². The lowest BCUT2D eigenvalue weighted by Crippen LogP contribution is -2.40. The highest BCUT2D eigenvalue weighted by Crippen LogP contribution is 2.25. The maximum atomic E-state index is 12.8. The third kappa shape index (κ3) is 5.85. The van der Waals surface area contributed by atoms with Gasteiger partial charge in [-0.1, -0.05) is 34.8 Å². The third-order valence-corrected chi connectivity index (χ3v) is 6.88. The summed E-state index contributed by atoms with van der Waals surface area (Å²) in [6.45, 7) is 0.293. The Bertz CT molecular complexity index is 1110. The summed E-state index contributed by atoms with van der Waals surface area (Å²) in [5.41, 5.74) is -0.188. The number of sulfonamides is 1. The summed E-state index contributed by atoms with van der Waals surface area (Å²) in [7, 11) is -3.84. The first kappa shape index (κ1) is 23.7. The maximum absolute atomic E-state index is 12.8. The van der Waals surface area contributed by atoms with Crippen molar-refractivity contribution in [2.45, 2.75) is 4.90 Å². The molecule has 31 heavy (non-hydrogen) atoms. The van der Waals surface area contributed by atoms with Gasteiger partial charge in [0.2, 0.25) is 10.0 Å². The second-order valence-corrected chi connectivity index (χ2v) is 9.46. The summed E-state index contributed by atoms with van der Waals surface area (Å²) in [4.78, 5) is 28.2. The van der Waals surface area contributed by atoms with Crippen molar-refractivity contribution in [1.82, 2.24) is 9.29 Å². The van der Waals surface area contributed by atoms with Crippen LogP contribution in [0.25, 0.3) is 0 Å². The molecule has 0 radical (unpaired) electrons. The van der Waals surface area contributed by atoms with Gasteiger partial charge in [-0.3, -0.25) is 4.79 Å². The number of amides is 1. The molecule has 0 spiro atoms. The van der Waals surface area contributed by atoms with Gasteiger partial charge in [-0.05, 0) is 24.3 Å². The molecule has 2 heterocycles. The lowest BCUT2D eigenvalue weighted by molar-refractivity contribution is -0.119. The van der Waals surface area contributed by atoms with E-state index in [9.17, 15) is 18.0 Å². The normalized spacial score (nSPS) is 14.8. The molecule has 0 bridgehead atoms. The van der Waals surface area contributed by atoms with Crippen LogP contribution >= 0.6 is 34.8 Å². The Morgan fingerprint density at radius 1 is 1.13 bits per heavy atom. The van der Waals surface area contributed by atoms with Crippen LogP contribution in [0.15, 0.2) is 35.4 Å². The molecule has 13 heteroatoms. The molecule has 3 rings (SSSR count). The molecule has 1 N–H and O–H groups in total. The minimum Gasteiger partial charge on any atom is -0.452 e. The Morgan fingerprint density at radius 3 is 2.52 bits per heavy atom. The number of hydrogen-bond acceptors (Lipinski definition) is 7. The molecule has 166 valence electrons. The molecule has 1 fully saturated rings. The van der Waals surface area contributed by atoms with Crippen LogP contribution in [-0.2, 0) is 24.3 Å². The third-order valence-electron chi connectivity index (χ3n) is 4.17. The van der Waals surface area contributed by atoms with E-state index in [-0.39, 0.29) is 57.6 Å². The number of hydrogen-bond donors (Lipinski definition) is 1. The summed E-state index contributed by atoms with van der Waals surface area (Å²) in [6, 6.07) is 5.08. The van der Waals surface area contributed by atoms with Crippen LogP contribution in [0.1, 0.15) is 10.4 Å². The summed E-state index contributed by atoms with van der Waals surface area (Å²) in [6.07, 6.45) is 1.29. The predicted molar refractivity (Wildman–Crippen MR) is 114 cm³/mol. The largest absolute Gasteiger partial charge is 0.452 e. The zero-order valence-electron chi connectivity index (χ0n) is 15.8. The van der Waals surface area contributed by atoms with Gasteiger partial charge in [-0.25, -0.2) is 18.2 Å². The average molecular weight is 509 g/mol. The van der Waals surface area contributed by atoms with Crippen LogP contribution in [0, 0.1) is 0 Å². The van der Waals surface area contributed by atoms with Gasteiger partial charge in [-0.15, -0.1) is 0 Å². The van der Waals surface area contributed by atoms with Crippen molar-refractivity contribution in [3.8, 4) is 0 Å². The number of nitrogens with zero attached hydrogens (tertiary/aromatic N) is 2. The number of morpholine rings is 1. The lowest BCUT2D eigenvalue weighted by atomic mass is 10.2. The highest BCUT2D eigenvalue weighted by molar-refractivity contribution is 7.89. The molecule has 2 aromatic rings. The molecule has 1 amide bonds. The summed E-state index contributed by atoms with van der Waals surface area (Å²) in [5, 5.41) is 2.75. The summed E-state index contributed by atoms with van der Waals surface area (Å²) < 4.78 is 36.9. The van der Waals surface area contributed by atoms with Crippen LogP contribution in [0.4, 0.5) is 5.82 Å². The maximum Gasteiger partial charge on any atom is 0.340 e. The van der Waals surface area contributed by atoms with Crippen LogP contribution < -0.4 is 5.32 Å². The van der Waals surface area contributed by atoms with E-state index in [1.807, 2.05) is 0 Å². The van der Waals surface area contributed by atoms with Crippen LogP contribution in [0.2, 0.25) is 15.1 Å². The number of halogens is 3. The lowest BCUT2D eigenvalue weighted by Gasteiger charge is -2.26. The first-order valence-electron chi connectivity index (χ1n) is 8.84. The van der Waals surface area contributed by atoms with E-state index < -0.39 is 28.5 Å². The molecule has 0 atom stereocenters. The van der Waals surface area contributed by atoms with Crippen LogP contribution in [0.3, 0.4) is 0 Å². The molecule has 1 aromatic heterocycles. The van der Waals surface area contributed by atoms with E-state index in [0.717, 1.165) is 6.07 Å². The number of anilines is 1. The first-order chi connectivity index (χ1) is 14.7. The smallest absolute Gasteiger partial charge is 0.340 e. The number of nitrogens with one attached hydrogen (secondary N) is 1. The van der Waals surface area contributed by atoms with Crippen molar-refractivity contribution in [2.24, 2.45) is 0 Å². The standard InChI is InChI=1S/C18H16Cl3N3O6S/c19-11-7-15(21)17(22-9-11)23-16(25)10-30-18(26)13-8-12(1-2-14(13)20)31(27,28)24-3-5-29-6-4-24/h1-2,7-9H,3-6,10H2,(H,22,23,25). The van der Waals surface area contributed by atoms with Gasteiger partial charge in [0.15, 0.2) is 12.4 Å². The van der Waals surface area contributed by atoms with E-state index in [1.54, 1.807) is 0 Å². The van der Waals surface area contributed by atoms with E-state index in [2.05, 4.69) is 10.3 Å². The van der Waals surface area contributed by atoms with Gasteiger partial charge in [0.25, 0.3) is 5.91 Å². The van der Waals surface area contributed by atoms with Crippen molar-refractivity contribution in [1.29, 1.82) is 0 Å². The molecule has 1 aliphatic rings. The predicted octanol–water partition coefficient (Wildman–Crippen LogP) is 2.86. The second kappa shape index (κ2) is 10.1. The van der Waals surface area contributed by atoms with Gasteiger partial charge in [-0.2, -0.15) is 4.31 Å². The molecule has 1 saturated heterocycles. The van der Waals surface area contributed by atoms with E-state index in [0.29, 0.717) is 0 Å². The van der Waals surface area contributed by atoms with E-state index in [1.165, 1.54) is 28.7 Å². The van der Waals surface area contributed by atoms with Crippen LogP contribution in [0.5, 0.6) is 0 Å². The first-order valence-corrected chi connectivity index (χ1v) is 11.4. The van der Waals surface area contributed by atoms with Gasteiger partial charge in [0, 0.05) is 19.3 Å². The molecule has 1 aliphatic heterocycles. The zero-order valence-corrected chi connectivity index (χ0v) is 18.9. The van der Waals surface area contributed by atoms with Gasteiger partial charge >= 0.3 is 5.97 Å². The fourth-order valence-corrected chi connectivity index (χ4v) is 4.70. The number of carbonyl (C=O) groups is 2. The minimum atomic E-state index is -3.84. The molecular weight excluding hydrogens is 493 g/mol. The number of esters is 1. The number of rotatable bonds is 6. The Labute approximate surface area is 193 Å². The summed E-state index contributed by atoms with van der Waals surface area (Å²) >= 11 is 17.7. The molecule has 1 aromatic carbocycles. The molecule has 0 aliphatic carbocycles. The number of aromatic nitrogens is 1. The van der Waals surface area contributed by atoms with Crippen molar-refractivity contribution in [3.05, 3.63) is 51.1 Å². The highest BCUT2D eigenvalue weighted by atomic mass is 35.5. The van der Waals surface area contributed by atoms with Gasteiger partial charge in [0.1, 0.15) is 0 Å². The van der Waals surface area contributed by atoms with Gasteiger partial charge < -0.3 is 14.8 Å². The van der Waals surface area contributed by atoms with E-state index in [4.69, 9.17) is 44.3 Å². The molecule has 0 saturated carbocycles. The number of ether oxygens (including phenoxy) is 2. The Kier molecular flexibility index (Phi) is 7.73. The number of pyridine rings is 1. The van der Waals surface area contributed by atoms with Crippen LogP contribution in [-0.4, -0.2) is 62.5 Å². The minimum absolute atomic E-state index is 0.0197.